The van der Waals surface area contributed by atoms with Crippen molar-refractivity contribution in [2.24, 2.45) is 0 Å². The molecule has 2 aromatic carbocycles. The zero-order chi connectivity index (χ0) is 18.4. The van der Waals surface area contributed by atoms with Crippen molar-refractivity contribution < 1.29 is 9.18 Å². The summed E-state index contributed by atoms with van der Waals surface area (Å²) < 4.78 is 14.4. The van der Waals surface area contributed by atoms with Crippen molar-refractivity contribution in [2.75, 3.05) is 0 Å². The van der Waals surface area contributed by atoms with Gasteiger partial charge < -0.3 is 9.88 Å². The first-order valence-electron chi connectivity index (χ1n) is 8.85. The Kier molecular flexibility index (Phi) is 3.83. The van der Waals surface area contributed by atoms with Gasteiger partial charge in [0.05, 0.1) is 5.56 Å². The lowest BCUT2D eigenvalue weighted by Gasteiger charge is -2.17. The minimum Gasteiger partial charge on any atom is -0.361 e. The van der Waals surface area contributed by atoms with Crippen molar-refractivity contribution in [3.63, 3.8) is 0 Å². The molecule has 5 heteroatoms. The van der Waals surface area contributed by atoms with E-state index < -0.39 is 5.82 Å². The normalized spacial score (nSPS) is 13.3. The number of nitrogens with zero attached hydrogens (tertiary/aromatic N) is 1. The van der Waals surface area contributed by atoms with Crippen molar-refractivity contribution >= 4 is 28.1 Å². The molecule has 5 rings (SSSR count). The summed E-state index contributed by atoms with van der Waals surface area (Å²) in [6.45, 7) is 1.12. The molecule has 4 aromatic rings. The maximum absolute atomic E-state index is 14.4. The largest absolute Gasteiger partial charge is 0.361 e. The number of hydrogen-bond donors (Lipinski definition) is 1. The highest BCUT2D eigenvalue weighted by Crippen LogP contribution is 2.28. The van der Waals surface area contributed by atoms with Crippen LogP contribution in [0.4, 0.5) is 4.39 Å². The highest BCUT2D eigenvalue weighted by molar-refractivity contribution is 7.08. The third-order valence-electron chi connectivity index (χ3n) is 5.18. The second kappa shape index (κ2) is 6.35. The van der Waals surface area contributed by atoms with Crippen LogP contribution >= 0.6 is 11.3 Å². The van der Waals surface area contributed by atoms with E-state index in [2.05, 4.69) is 21.8 Å². The molecule has 3 nitrogen and oxygen atoms in total. The molecule has 0 saturated heterocycles. The van der Waals surface area contributed by atoms with Crippen molar-refractivity contribution in [1.82, 2.24) is 9.88 Å². The zero-order valence-electron chi connectivity index (χ0n) is 14.5. The van der Waals surface area contributed by atoms with Crippen LogP contribution in [0.1, 0.15) is 32.6 Å². The van der Waals surface area contributed by atoms with Gasteiger partial charge >= 0.3 is 0 Å². The van der Waals surface area contributed by atoms with Gasteiger partial charge in [-0.2, -0.15) is 11.3 Å². The molecule has 0 radical (unpaired) electrons. The van der Waals surface area contributed by atoms with Gasteiger partial charge in [0.25, 0.3) is 5.91 Å². The Bertz CT molecular complexity index is 1140. The van der Waals surface area contributed by atoms with Crippen LogP contribution in [0, 0.1) is 5.82 Å². The summed E-state index contributed by atoms with van der Waals surface area (Å²) in [4.78, 5) is 17.8. The number of halogens is 1. The summed E-state index contributed by atoms with van der Waals surface area (Å²) in [5.41, 5.74) is 5.66. The number of benzene rings is 2. The predicted molar refractivity (Wildman–Crippen MR) is 105 cm³/mol. The monoisotopic (exact) mass is 376 g/mol. The minimum absolute atomic E-state index is 0.155. The van der Waals surface area contributed by atoms with E-state index in [1.807, 2.05) is 24.4 Å². The second-order valence-corrected chi connectivity index (χ2v) is 7.67. The van der Waals surface area contributed by atoms with Crippen LogP contribution in [-0.2, 0) is 19.5 Å². The molecule has 1 aliphatic rings. The average Bonchev–Trinajstić information content (AvgIpc) is 3.38. The summed E-state index contributed by atoms with van der Waals surface area (Å²) in [5.74, 6) is -0.701. The van der Waals surface area contributed by atoms with Gasteiger partial charge in [0.15, 0.2) is 0 Å². The van der Waals surface area contributed by atoms with Gasteiger partial charge in [0.2, 0.25) is 0 Å². The van der Waals surface area contributed by atoms with E-state index >= 15 is 0 Å². The molecule has 0 fully saturated rings. The molecule has 1 N–H and O–H groups in total. The third-order valence-corrected chi connectivity index (χ3v) is 6.02. The summed E-state index contributed by atoms with van der Waals surface area (Å²) in [7, 11) is 0. The zero-order valence-corrected chi connectivity index (χ0v) is 15.4. The van der Waals surface area contributed by atoms with Crippen molar-refractivity contribution in [3.8, 4) is 0 Å². The van der Waals surface area contributed by atoms with E-state index in [9.17, 15) is 9.18 Å². The maximum atomic E-state index is 14.4. The Morgan fingerprint density at radius 1 is 1.11 bits per heavy atom. The quantitative estimate of drug-likeness (QED) is 0.530. The number of carbonyl (C=O) groups is 1. The predicted octanol–water partition coefficient (Wildman–Crippen LogP) is 5.12. The first kappa shape index (κ1) is 16.3. The van der Waals surface area contributed by atoms with Crippen LogP contribution in [0.5, 0.6) is 0 Å². The number of fused-ring (bicyclic) bond motifs is 2. The third kappa shape index (κ3) is 2.84. The molecule has 0 saturated carbocycles. The Morgan fingerprint density at radius 3 is 2.74 bits per heavy atom. The first-order chi connectivity index (χ1) is 13.2. The number of aromatic nitrogens is 1. The smallest absolute Gasteiger partial charge is 0.257 e. The molecule has 0 aliphatic carbocycles. The summed E-state index contributed by atoms with van der Waals surface area (Å²) >= 11 is 1.65. The first-order valence-corrected chi connectivity index (χ1v) is 9.80. The molecule has 2 aromatic heterocycles. The van der Waals surface area contributed by atoms with Gasteiger partial charge in [-0.3, -0.25) is 4.79 Å². The Morgan fingerprint density at radius 2 is 1.93 bits per heavy atom. The molecule has 27 heavy (non-hydrogen) atoms. The minimum atomic E-state index is -0.460. The van der Waals surface area contributed by atoms with Gasteiger partial charge in [-0.05, 0) is 63.7 Å². The van der Waals surface area contributed by atoms with Gasteiger partial charge in [-0.15, -0.1) is 0 Å². The number of aromatic amines is 1. The molecule has 0 spiro atoms. The SMILES string of the molecule is O=C(c1cc(Cc2cccc3[nH]ccc23)ccc1F)N1Cc2cscc2C1. The fourth-order valence-corrected chi connectivity index (χ4v) is 4.63. The Balaban J connectivity index is 1.44. The topological polar surface area (TPSA) is 36.1 Å². The van der Waals surface area contributed by atoms with Gasteiger partial charge in [-0.1, -0.05) is 18.2 Å². The molecule has 0 bridgehead atoms. The molecule has 134 valence electrons. The average molecular weight is 376 g/mol. The highest BCUT2D eigenvalue weighted by atomic mass is 32.1. The van der Waals surface area contributed by atoms with Crippen molar-refractivity contribution in [3.05, 3.63) is 93.1 Å². The van der Waals surface area contributed by atoms with Crippen molar-refractivity contribution in [1.29, 1.82) is 0 Å². The molecular formula is C22H17FN2OS. The van der Waals surface area contributed by atoms with Crippen LogP contribution in [0.3, 0.4) is 0 Å². The fourth-order valence-electron chi connectivity index (χ4n) is 3.78. The van der Waals surface area contributed by atoms with Gasteiger partial charge in [0, 0.05) is 30.2 Å². The number of carbonyl (C=O) groups excluding carboxylic acids is 1. The molecule has 0 unspecified atom stereocenters. The standard InChI is InChI=1S/C22H17FN2OS/c23-20-5-4-14(8-15-2-1-3-21-18(15)6-7-24-21)9-19(20)22(26)25-10-16-12-27-13-17(16)11-25/h1-7,9,12-13,24H,8,10-11H2. The number of nitrogens with one attached hydrogen (secondary N) is 1. The van der Waals surface area contributed by atoms with E-state index in [1.54, 1.807) is 28.4 Å². The summed E-state index contributed by atoms with van der Waals surface area (Å²) in [6.07, 6.45) is 2.57. The van der Waals surface area contributed by atoms with Crippen LogP contribution in [0.15, 0.2) is 59.4 Å². The van der Waals surface area contributed by atoms with E-state index in [0.717, 1.165) is 22.0 Å². The lowest BCUT2D eigenvalue weighted by atomic mass is 9.99. The van der Waals surface area contributed by atoms with E-state index in [4.69, 9.17) is 0 Å². The van der Waals surface area contributed by atoms with Crippen LogP contribution in [-0.4, -0.2) is 15.8 Å². The van der Waals surface area contributed by atoms with Gasteiger partial charge in [0.1, 0.15) is 5.82 Å². The van der Waals surface area contributed by atoms with E-state index in [0.29, 0.717) is 19.5 Å². The van der Waals surface area contributed by atoms with Crippen LogP contribution < -0.4 is 0 Å². The Labute approximate surface area is 160 Å². The van der Waals surface area contributed by atoms with E-state index in [-0.39, 0.29) is 11.5 Å². The molecule has 3 heterocycles. The number of hydrogen-bond acceptors (Lipinski definition) is 2. The maximum Gasteiger partial charge on any atom is 0.257 e. The van der Waals surface area contributed by atoms with Crippen molar-refractivity contribution in [2.45, 2.75) is 19.5 Å². The lowest BCUT2D eigenvalue weighted by Crippen LogP contribution is -2.26. The molecule has 0 atom stereocenters. The number of H-pyrrole nitrogens is 1. The summed E-state index contributed by atoms with van der Waals surface area (Å²) in [6, 6.07) is 13.0. The second-order valence-electron chi connectivity index (χ2n) is 6.93. The number of rotatable bonds is 3. The molecular weight excluding hydrogens is 359 g/mol. The molecule has 1 amide bonds. The summed E-state index contributed by atoms with van der Waals surface area (Å²) in [5, 5.41) is 5.28. The Hall–Kier alpha value is -2.92. The lowest BCUT2D eigenvalue weighted by molar-refractivity contribution is 0.0746. The molecule has 1 aliphatic heterocycles. The fraction of sp³-hybridized carbons (Fsp3) is 0.136. The van der Waals surface area contributed by atoms with Crippen LogP contribution in [0.2, 0.25) is 0 Å². The number of amides is 1. The van der Waals surface area contributed by atoms with Crippen LogP contribution in [0.25, 0.3) is 10.9 Å². The highest BCUT2D eigenvalue weighted by Gasteiger charge is 2.26. The number of thiophene rings is 1. The van der Waals surface area contributed by atoms with Gasteiger partial charge in [-0.25, -0.2) is 4.39 Å². The van der Waals surface area contributed by atoms with E-state index in [1.165, 1.54) is 17.2 Å².